The number of furan rings is 3. The van der Waals surface area contributed by atoms with Gasteiger partial charge in [-0.05, 0) is 76.9 Å². The molecule has 5 heteroatoms. The molecule has 264 valence electrons. The molecule has 0 saturated carbocycles. The summed E-state index contributed by atoms with van der Waals surface area (Å²) in [6.45, 7) is 19.1. The Labute approximate surface area is 312 Å². The van der Waals surface area contributed by atoms with Gasteiger partial charge in [-0.2, -0.15) is 0 Å². The van der Waals surface area contributed by atoms with Crippen LogP contribution >= 0.6 is 0 Å². The zero-order chi connectivity index (χ0) is 36.4. The average Bonchev–Trinajstić information content (AvgIpc) is 3.92. The van der Waals surface area contributed by atoms with Gasteiger partial charge in [0.1, 0.15) is 28.9 Å². The van der Waals surface area contributed by atoms with Gasteiger partial charge in [-0.1, -0.05) is 122 Å². The lowest BCUT2D eigenvalue weighted by Gasteiger charge is -2.43. The molecule has 53 heavy (non-hydrogen) atoms. The number of para-hydroxylation sites is 2. The summed E-state index contributed by atoms with van der Waals surface area (Å²) in [5.41, 5.74) is 16.4. The van der Waals surface area contributed by atoms with Gasteiger partial charge in [0.25, 0.3) is 6.71 Å². The highest BCUT2D eigenvalue weighted by Gasteiger charge is 2.53. The molecule has 0 N–H and O–H groups in total. The Morgan fingerprint density at radius 1 is 0.585 bits per heavy atom. The van der Waals surface area contributed by atoms with Crippen molar-refractivity contribution in [2.75, 3.05) is 4.90 Å². The number of fused-ring (bicyclic) bond motifs is 11. The monoisotopic (exact) mass is 695 g/mol. The van der Waals surface area contributed by atoms with Crippen LogP contribution in [0.5, 0.6) is 0 Å². The van der Waals surface area contributed by atoms with E-state index in [9.17, 15) is 0 Å². The molecule has 0 spiro atoms. The van der Waals surface area contributed by atoms with E-state index in [1.54, 1.807) is 0 Å². The fourth-order valence-electron chi connectivity index (χ4n) is 10.6. The van der Waals surface area contributed by atoms with Crippen molar-refractivity contribution in [2.24, 2.45) is 0 Å². The molecule has 4 nitrogen and oxygen atoms in total. The minimum Gasteiger partial charge on any atom is -0.472 e. The Balaban J connectivity index is 1.29. The molecule has 2 aliphatic carbocycles. The summed E-state index contributed by atoms with van der Waals surface area (Å²) < 4.78 is 20.9. The number of anilines is 3. The molecule has 2 aliphatic heterocycles. The van der Waals surface area contributed by atoms with Crippen molar-refractivity contribution in [1.29, 1.82) is 0 Å². The molecule has 0 bridgehead atoms. The van der Waals surface area contributed by atoms with Crippen LogP contribution in [-0.2, 0) is 21.7 Å². The first-order valence-corrected chi connectivity index (χ1v) is 19.5. The molecule has 0 saturated heterocycles. The van der Waals surface area contributed by atoms with Crippen molar-refractivity contribution in [2.45, 2.75) is 103 Å². The average molecular weight is 696 g/mol. The first-order valence-electron chi connectivity index (χ1n) is 19.5. The molecule has 0 radical (unpaired) electrons. The zero-order valence-corrected chi connectivity index (χ0v) is 32.2. The van der Waals surface area contributed by atoms with Crippen molar-refractivity contribution in [3.8, 4) is 22.3 Å². The van der Waals surface area contributed by atoms with Crippen LogP contribution in [0.1, 0.15) is 104 Å². The minimum absolute atomic E-state index is 0.00266. The molecule has 5 heterocycles. The van der Waals surface area contributed by atoms with E-state index in [-0.39, 0.29) is 28.4 Å². The molecular weight excluding hydrogens is 649 g/mol. The molecule has 4 aliphatic rings. The quantitative estimate of drug-likeness (QED) is 0.169. The molecule has 4 aromatic carbocycles. The van der Waals surface area contributed by atoms with E-state index in [4.69, 9.17) is 13.3 Å². The number of hydrogen-bond donors (Lipinski definition) is 0. The molecule has 0 amide bonds. The second-order valence-electron chi connectivity index (χ2n) is 19.0. The Morgan fingerprint density at radius 3 is 2.06 bits per heavy atom. The summed E-state index contributed by atoms with van der Waals surface area (Å²) in [6.07, 6.45) is 6.46. The van der Waals surface area contributed by atoms with Crippen LogP contribution in [0.4, 0.5) is 17.1 Å². The molecular formula is C48H46BNO3. The van der Waals surface area contributed by atoms with Gasteiger partial charge >= 0.3 is 0 Å². The number of nitrogens with zero attached hydrogens (tertiary/aromatic N) is 1. The molecule has 0 atom stereocenters. The van der Waals surface area contributed by atoms with E-state index in [1.807, 2.05) is 0 Å². The smallest absolute Gasteiger partial charge is 0.293 e. The minimum atomic E-state index is -0.0832. The van der Waals surface area contributed by atoms with Gasteiger partial charge in [0.05, 0.1) is 17.0 Å². The fraction of sp³-hybridized carbons (Fsp3) is 0.333. The predicted octanol–water partition coefficient (Wildman–Crippen LogP) is 11.4. The molecule has 3 aromatic heterocycles. The molecule has 0 unspecified atom stereocenters. The summed E-state index contributed by atoms with van der Waals surface area (Å²) in [6, 6.07) is 28.9. The van der Waals surface area contributed by atoms with Crippen LogP contribution in [0.3, 0.4) is 0 Å². The summed E-state index contributed by atoms with van der Waals surface area (Å²) in [5.74, 6) is 2.26. The molecule has 11 rings (SSSR count). The Hall–Kier alpha value is -4.90. The van der Waals surface area contributed by atoms with E-state index in [0.717, 1.165) is 81.6 Å². The maximum absolute atomic E-state index is 7.41. The maximum atomic E-state index is 7.41. The van der Waals surface area contributed by atoms with Crippen LogP contribution in [0, 0.1) is 0 Å². The van der Waals surface area contributed by atoms with E-state index in [0.29, 0.717) is 0 Å². The standard InChI is InChI=1S/C48H46BNO3/c1-45(2)20-22-47(5,6)42-37(45)35(26-51-42)50-34-25-27(28-16-13-17-31-30-15-10-12-19-36(30)52-41(28)31)24-32-29-14-9-11-18-33(29)49(39(32)34)44-40(50)38-43(53-44)48(7,8)23-21-46(38,3)4/h9-19,24-26H,20-23H2,1-8H3. The SMILES string of the molecule is CC1(C)CCC(C)(C)c2c(N3c4cc(-c5cccc6c5oc5ccccc56)cc5c4B(c4ccccc4-5)c4oc5c(c43)C(C)(C)CCC5(C)C)coc21. The van der Waals surface area contributed by atoms with Gasteiger partial charge in [-0.3, -0.25) is 0 Å². The van der Waals surface area contributed by atoms with E-state index >= 15 is 0 Å². The Kier molecular flexibility index (Phi) is 5.96. The van der Waals surface area contributed by atoms with Gasteiger partial charge in [-0.15, -0.1) is 0 Å². The van der Waals surface area contributed by atoms with Crippen molar-refractivity contribution in [3.05, 3.63) is 108 Å². The third-order valence-corrected chi connectivity index (χ3v) is 13.7. The topological polar surface area (TPSA) is 42.7 Å². The van der Waals surface area contributed by atoms with E-state index < -0.39 is 0 Å². The van der Waals surface area contributed by atoms with Crippen LogP contribution in [0.15, 0.2) is 98.4 Å². The Morgan fingerprint density at radius 2 is 1.25 bits per heavy atom. The van der Waals surface area contributed by atoms with Crippen molar-refractivity contribution >= 4 is 62.3 Å². The third kappa shape index (κ3) is 4.04. The normalized spacial score (nSPS) is 19.5. The second kappa shape index (κ2) is 9.99. The summed E-state index contributed by atoms with van der Waals surface area (Å²) in [4.78, 5) is 2.59. The maximum Gasteiger partial charge on any atom is 0.293 e. The summed E-state index contributed by atoms with van der Waals surface area (Å²) in [5, 5.41) is 2.29. The number of benzene rings is 4. The fourth-order valence-corrected chi connectivity index (χ4v) is 10.6. The molecule has 7 aromatic rings. The lowest BCUT2D eigenvalue weighted by Crippen LogP contribution is -2.54. The summed E-state index contributed by atoms with van der Waals surface area (Å²) >= 11 is 0. The van der Waals surface area contributed by atoms with Gasteiger partial charge < -0.3 is 18.2 Å². The highest BCUT2D eigenvalue weighted by molar-refractivity contribution is 7.00. The lowest BCUT2D eigenvalue weighted by atomic mass is 9.39. The van der Waals surface area contributed by atoms with E-state index in [1.165, 1.54) is 44.6 Å². The Bertz CT molecular complexity index is 2710. The zero-order valence-electron chi connectivity index (χ0n) is 32.2. The lowest BCUT2D eigenvalue weighted by molar-refractivity contribution is 0.278. The van der Waals surface area contributed by atoms with Crippen molar-refractivity contribution in [3.63, 3.8) is 0 Å². The molecule has 0 fully saturated rings. The highest BCUT2D eigenvalue weighted by Crippen LogP contribution is 2.58. The largest absolute Gasteiger partial charge is 0.472 e. The highest BCUT2D eigenvalue weighted by atomic mass is 16.3. The van der Waals surface area contributed by atoms with Crippen LogP contribution in [-0.4, -0.2) is 6.71 Å². The number of hydrogen-bond acceptors (Lipinski definition) is 4. The first kappa shape index (κ1) is 31.6. The first-order chi connectivity index (χ1) is 25.3. The van der Waals surface area contributed by atoms with Crippen molar-refractivity contribution in [1.82, 2.24) is 0 Å². The van der Waals surface area contributed by atoms with Crippen molar-refractivity contribution < 1.29 is 13.3 Å². The van der Waals surface area contributed by atoms with Gasteiger partial charge in [0, 0.05) is 44.0 Å². The van der Waals surface area contributed by atoms with Crippen LogP contribution in [0.2, 0.25) is 0 Å². The third-order valence-electron chi connectivity index (χ3n) is 13.7. The predicted molar refractivity (Wildman–Crippen MR) is 219 cm³/mol. The van der Waals surface area contributed by atoms with E-state index in [2.05, 4.69) is 145 Å². The van der Waals surface area contributed by atoms with Gasteiger partial charge in [0.2, 0.25) is 0 Å². The number of rotatable bonds is 2. The van der Waals surface area contributed by atoms with Gasteiger partial charge in [-0.25, -0.2) is 0 Å². The van der Waals surface area contributed by atoms with Gasteiger partial charge in [0.15, 0.2) is 0 Å². The van der Waals surface area contributed by atoms with Crippen LogP contribution < -0.4 is 21.5 Å². The second-order valence-corrected chi connectivity index (χ2v) is 19.0. The van der Waals surface area contributed by atoms with Crippen LogP contribution in [0.25, 0.3) is 44.2 Å². The summed E-state index contributed by atoms with van der Waals surface area (Å²) in [7, 11) is 0.